The Morgan fingerprint density at radius 1 is 0.850 bits per heavy atom. The number of benzene rings is 3. The second-order valence-corrected chi connectivity index (χ2v) is 5.38. The molecule has 0 bridgehead atoms. The van der Waals surface area contributed by atoms with Crippen LogP contribution in [0.2, 0.25) is 0 Å². The highest BCUT2D eigenvalue weighted by Crippen LogP contribution is 2.37. The standard InChI is InChI=1S/C19H14O/c20-19(18-12-15-7-3-4-8-17(15)18)16-10-9-13-5-1-2-6-14(13)11-16/h1-11,18H,12H2. The van der Waals surface area contributed by atoms with Crippen LogP contribution in [-0.2, 0) is 6.42 Å². The van der Waals surface area contributed by atoms with Gasteiger partial charge in [-0.3, -0.25) is 4.79 Å². The maximum atomic E-state index is 12.6. The van der Waals surface area contributed by atoms with Gasteiger partial charge in [0.05, 0.1) is 5.92 Å². The molecule has 0 amide bonds. The second kappa shape index (κ2) is 4.31. The average molecular weight is 258 g/mol. The first-order chi connectivity index (χ1) is 9.83. The van der Waals surface area contributed by atoms with Gasteiger partial charge in [0.15, 0.2) is 5.78 Å². The molecular weight excluding hydrogens is 244 g/mol. The van der Waals surface area contributed by atoms with E-state index in [1.165, 1.54) is 16.5 Å². The van der Waals surface area contributed by atoms with Gasteiger partial charge in [-0.25, -0.2) is 0 Å². The normalized spacial score (nSPS) is 16.5. The minimum Gasteiger partial charge on any atom is -0.293 e. The van der Waals surface area contributed by atoms with Crippen LogP contribution in [0.25, 0.3) is 10.8 Å². The molecule has 0 aliphatic heterocycles. The summed E-state index contributed by atoms with van der Waals surface area (Å²) in [6.45, 7) is 0. The van der Waals surface area contributed by atoms with Crippen LogP contribution in [0.4, 0.5) is 0 Å². The van der Waals surface area contributed by atoms with Crippen LogP contribution >= 0.6 is 0 Å². The van der Waals surface area contributed by atoms with Crippen LogP contribution in [0.15, 0.2) is 66.7 Å². The summed E-state index contributed by atoms with van der Waals surface area (Å²) in [5.74, 6) is 0.293. The lowest BCUT2D eigenvalue weighted by molar-refractivity contribution is 0.0949. The quantitative estimate of drug-likeness (QED) is 0.624. The van der Waals surface area contributed by atoms with Gasteiger partial charge in [0.1, 0.15) is 0 Å². The van der Waals surface area contributed by atoms with Crippen LogP contribution in [0, 0.1) is 0 Å². The third-order valence-electron chi connectivity index (χ3n) is 4.21. The van der Waals surface area contributed by atoms with E-state index in [0.717, 1.165) is 17.4 Å². The summed E-state index contributed by atoms with van der Waals surface area (Å²) in [4.78, 5) is 12.6. The first-order valence-electron chi connectivity index (χ1n) is 6.94. The Morgan fingerprint density at radius 3 is 2.45 bits per heavy atom. The maximum Gasteiger partial charge on any atom is 0.170 e. The SMILES string of the molecule is O=C(c1ccc2ccccc2c1)C1Cc2ccccc21. The van der Waals surface area contributed by atoms with Crippen LogP contribution in [0.5, 0.6) is 0 Å². The molecular formula is C19H14O. The first kappa shape index (κ1) is 11.4. The number of fused-ring (bicyclic) bond motifs is 2. The van der Waals surface area contributed by atoms with E-state index in [9.17, 15) is 4.79 Å². The fourth-order valence-electron chi connectivity index (χ4n) is 3.04. The lowest BCUT2D eigenvalue weighted by Gasteiger charge is -2.28. The molecule has 20 heavy (non-hydrogen) atoms. The Hall–Kier alpha value is -2.41. The van der Waals surface area contributed by atoms with Crippen molar-refractivity contribution in [3.63, 3.8) is 0 Å². The summed E-state index contributed by atoms with van der Waals surface area (Å²) in [6.07, 6.45) is 0.877. The molecule has 1 atom stereocenters. The number of ketones is 1. The van der Waals surface area contributed by atoms with Crippen molar-refractivity contribution in [1.29, 1.82) is 0 Å². The van der Waals surface area contributed by atoms with Crippen molar-refractivity contribution in [3.8, 4) is 0 Å². The Balaban J connectivity index is 1.72. The summed E-state index contributed by atoms with van der Waals surface area (Å²) in [7, 11) is 0. The van der Waals surface area contributed by atoms with Gasteiger partial charge in [0.2, 0.25) is 0 Å². The third-order valence-corrected chi connectivity index (χ3v) is 4.21. The molecule has 0 saturated carbocycles. The summed E-state index contributed by atoms with van der Waals surface area (Å²) < 4.78 is 0. The van der Waals surface area contributed by atoms with Gasteiger partial charge in [-0.15, -0.1) is 0 Å². The van der Waals surface area contributed by atoms with E-state index in [-0.39, 0.29) is 11.7 Å². The summed E-state index contributed by atoms with van der Waals surface area (Å²) in [5.41, 5.74) is 3.33. The molecule has 1 nitrogen and oxygen atoms in total. The smallest absolute Gasteiger partial charge is 0.170 e. The van der Waals surface area contributed by atoms with Crippen LogP contribution in [-0.4, -0.2) is 5.78 Å². The summed E-state index contributed by atoms with van der Waals surface area (Å²) >= 11 is 0. The van der Waals surface area contributed by atoms with Crippen molar-refractivity contribution in [2.24, 2.45) is 0 Å². The topological polar surface area (TPSA) is 17.1 Å². The molecule has 4 rings (SSSR count). The van der Waals surface area contributed by atoms with Crippen molar-refractivity contribution in [3.05, 3.63) is 83.4 Å². The van der Waals surface area contributed by atoms with Crippen molar-refractivity contribution in [2.75, 3.05) is 0 Å². The Kier molecular flexibility index (Phi) is 2.46. The fourth-order valence-corrected chi connectivity index (χ4v) is 3.04. The van der Waals surface area contributed by atoms with Crippen molar-refractivity contribution < 1.29 is 4.79 Å². The number of carbonyl (C=O) groups excluding carboxylic acids is 1. The predicted molar refractivity (Wildman–Crippen MR) is 81.2 cm³/mol. The maximum absolute atomic E-state index is 12.6. The third kappa shape index (κ3) is 1.67. The van der Waals surface area contributed by atoms with Gasteiger partial charge in [-0.05, 0) is 34.4 Å². The molecule has 0 aromatic heterocycles. The predicted octanol–water partition coefficient (Wildman–Crippen LogP) is 4.36. The molecule has 0 spiro atoms. The van der Waals surface area contributed by atoms with Gasteiger partial charge in [0.25, 0.3) is 0 Å². The Morgan fingerprint density at radius 2 is 1.60 bits per heavy atom. The molecule has 96 valence electrons. The Bertz CT molecular complexity index is 817. The van der Waals surface area contributed by atoms with Gasteiger partial charge in [-0.2, -0.15) is 0 Å². The highest BCUT2D eigenvalue weighted by atomic mass is 16.1. The lowest BCUT2D eigenvalue weighted by atomic mass is 9.74. The number of carbonyl (C=O) groups is 1. The number of hydrogen-bond donors (Lipinski definition) is 0. The van der Waals surface area contributed by atoms with Crippen LogP contribution in [0.1, 0.15) is 27.4 Å². The Labute approximate surface area is 117 Å². The molecule has 1 heteroatoms. The van der Waals surface area contributed by atoms with E-state index in [4.69, 9.17) is 0 Å². The van der Waals surface area contributed by atoms with Crippen LogP contribution < -0.4 is 0 Å². The zero-order valence-electron chi connectivity index (χ0n) is 11.0. The van der Waals surface area contributed by atoms with Gasteiger partial charge in [-0.1, -0.05) is 60.7 Å². The fraction of sp³-hybridized carbons (Fsp3) is 0.105. The zero-order valence-corrected chi connectivity index (χ0v) is 11.0. The second-order valence-electron chi connectivity index (χ2n) is 5.38. The van der Waals surface area contributed by atoms with Gasteiger partial charge in [0, 0.05) is 5.56 Å². The first-order valence-corrected chi connectivity index (χ1v) is 6.94. The summed E-state index contributed by atoms with van der Waals surface area (Å²) in [6, 6.07) is 22.4. The molecule has 0 N–H and O–H groups in total. The van der Waals surface area contributed by atoms with Crippen LogP contribution in [0.3, 0.4) is 0 Å². The van der Waals surface area contributed by atoms with E-state index in [1.54, 1.807) is 0 Å². The molecule has 0 heterocycles. The van der Waals surface area contributed by atoms with E-state index in [1.807, 2.05) is 42.5 Å². The van der Waals surface area contributed by atoms with Gasteiger partial charge < -0.3 is 0 Å². The molecule has 1 unspecified atom stereocenters. The average Bonchev–Trinajstić information content (AvgIpc) is 2.48. The van der Waals surface area contributed by atoms with E-state index >= 15 is 0 Å². The number of rotatable bonds is 2. The lowest BCUT2D eigenvalue weighted by Crippen LogP contribution is -2.25. The largest absolute Gasteiger partial charge is 0.293 e. The number of Topliss-reactive ketones (excluding diaryl/α,β-unsaturated/α-hetero) is 1. The molecule has 3 aromatic rings. The minimum absolute atomic E-state index is 0.0485. The zero-order chi connectivity index (χ0) is 13.5. The molecule has 1 aliphatic rings. The van der Waals surface area contributed by atoms with E-state index in [0.29, 0.717) is 0 Å². The van der Waals surface area contributed by atoms with Crippen molar-refractivity contribution in [2.45, 2.75) is 12.3 Å². The van der Waals surface area contributed by atoms with Crippen molar-refractivity contribution >= 4 is 16.6 Å². The van der Waals surface area contributed by atoms with E-state index in [2.05, 4.69) is 24.3 Å². The number of hydrogen-bond acceptors (Lipinski definition) is 1. The highest BCUT2D eigenvalue weighted by Gasteiger charge is 2.32. The highest BCUT2D eigenvalue weighted by molar-refractivity contribution is 6.05. The monoisotopic (exact) mass is 258 g/mol. The molecule has 3 aromatic carbocycles. The van der Waals surface area contributed by atoms with Gasteiger partial charge >= 0.3 is 0 Å². The summed E-state index contributed by atoms with van der Waals surface area (Å²) in [5, 5.41) is 2.31. The van der Waals surface area contributed by atoms with E-state index < -0.39 is 0 Å². The molecule has 0 saturated heterocycles. The molecule has 0 radical (unpaired) electrons. The van der Waals surface area contributed by atoms with Crippen molar-refractivity contribution in [1.82, 2.24) is 0 Å². The molecule has 1 aliphatic carbocycles. The minimum atomic E-state index is 0.0485. The molecule has 0 fully saturated rings.